The van der Waals surface area contributed by atoms with Gasteiger partial charge in [0.1, 0.15) is 5.75 Å². The Kier molecular flexibility index (Phi) is 4.76. The Balaban J connectivity index is 1.42. The van der Waals surface area contributed by atoms with Gasteiger partial charge in [-0.3, -0.25) is 4.79 Å². The maximum absolute atomic E-state index is 12.7. The maximum Gasteiger partial charge on any atom is 0.573 e. The van der Waals surface area contributed by atoms with Crippen molar-refractivity contribution in [1.82, 2.24) is 20.7 Å². The Hall–Kier alpha value is -2.58. The number of hydrogen-bond acceptors (Lipinski definition) is 4. The molecular formula is C19H21F3N4O2. The van der Waals surface area contributed by atoms with Gasteiger partial charge < -0.3 is 10.1 Å². The van der Waals surface area contributed by atoms with E-state index < -0.39 is 6.36 Å². The standard InChI is InChI=1S/C19H21F3N4O2/c20-19(21,22)28-14-4-1-3-13(10-14)18(7-2-8-18)11-23-17(27)12-5-6-15-16(9-12)25-26-24-15/h1,3-4,10,12H,2,5-9,11H2,(H,23,27)(H,24,25,26). The number of carbonyl (C=O) groups is 1. The summed E-state index contributed by atoms with van der Waals surface area (Å²) in [7, 11) is 0. The maximum atomic E-state index is 12.7. The largest absolute Gasteiger partial charge is 0.573 e. The van der Waals surface area contributed by atoms with E-state index in [0.29, 0.717) is 25.8 Å². The molecule has 9 heteroatoms. The van der Waals surface area contributed by atoms with Crippen LogP contribution in [0.25, 0.3) is 0 Å². The summed E-state index contributed by atoms with van der Waals surface area (Å²) in [5.41, 5.74) is 2.18. The molecule has 28 heavy (non-hydrogen) atoms. The van der Waals surface area contributed by atoms with Crippen molar-refractivity contribution in [3.8, 4) is 5.75 Å². The lowest BCUT2D eigenvalue weighted by Crippen LogP contribution is -2.47. The lowest BCUT2D eigenvalue weighted by molar-refractivity contribution is -0.274. The van der Waals surface area contributed by atoms with Crippen molar-refractivity contribution >= 4 is 5.91 Å². The van der Waals surface area contributed by atoms with Crippen LogP contribution in [0.1, 0.15) is 42.6 Å². The van der Waals surface area contributed by atoms with E-state index in [0.717, 1.165) is 36.2 Å². The number of aromatic nitrogens is 3. The Bertz CT molecular complexity index is 861. The number of alkyl halides is 3. The molecule has 2 aliphatic carbocycles. The highest BCUT2D eigenvalue weighted by atomic mass is 19.4. The van der Waals surface area contributed by atoms with Crippen molar-refractivity contribution in [2.24, 2.45) is 5.92 Å². The van der Waals surface area contributed by atoms with E-state index in [-0.39, 0.29) is 23.0 Å². The third-order valence-electron chi connectivity index (χ3n) is 5.83. The summed E-state index contributed by atoms with van der Waals surface area (Å²) in [6.45, 7) is 0.406. The van der Waals surface area contributed by atoms with E-state index in [1.165, 1.54) is 12.1 Å². The zero-order chi connectivity index (χ0) is 19.8. The molecule has 1 unspecified atom stereocenters. The fourth-order valence-electron chi connectivity index (χ4n) is 4.10. The molecule has 4 rings (SSSR count). The molecule has 1 atom stereocenters. The predicted octanol–water partition coefficient (Wildman–Crippen LogP) is 3.05. The summed E-state index contributed by atoms with van der Waals surface area (Å²) >= 11 is 0. The van der Waals surface area contributed by atoms with Crippen LogP contribution in [0.2, 0.25) is 0 Å². The first-order valence-corrected chi connectivity index (χ1v) is 9.37. The number of hydrogen-bond donors (Lipinski definition) is 2. The van der Waals surface area contributed by atoms with Gasteiger partial charge in [-0.15, -0.1) is 13.2 Å². The van der Waals surface area contributed by atoms with Gasteiger partial charge in [0.15, 0.2) is 0 Å². The monoisotopic (exact) mass is 394 g/mol. The van der Waals surface area contributed by atoms with Crippen molar-refractivity contribution < 1.29 is 22.7 Å². The quantitative estimate of drug-likeness (QED) is 0.817. The summed E-state index contributed by atoms with van der Waals surface area (Å²) in [6, 6.07) is 6.09. The SMILES string of the molecule is O=C(NCC1(c2cccc(OC(F)(F)F)c2)CCC1)C1CCc2n[nH]nc2C1. The van der Waals surface area contributed by atoms with E-state index >= 15 is 0 Å². The second kappa shape index (κ2) is 7.10. The second-order valence-corrected chi connectivity index (χ2v) is 7.58. The number of nitrogens with zero attached hydrogens (tertiary/aromatic N) is 2. The first-order valence-electron chi connectivity index (χ1n) is 9.37. The molecule has 1 aromatic heterocycles. The third-order valence-corrected chi connectivity index (χ3v) is 5.83. The van der Waals surface area contributed by atoms with E-state index in [4.69, 9.17) is 0 Å². The number of ether oxygens (including phenoxy) is 1. The smallest absolute Gasteiger partial charge is 0.406 e. The Morgan fingerprint density at radius 2 is 2.07 bits per heavy atom. The second-order valence-electron chi connectivity index (χ2n) is 7.58. The number of amides is 1. The fourth-order valence-corrected chi connectivity index (χ4v) is 4.10. The highest BCUT2D eigenvalue weighted by molar-refractivity contribution is 5.79. The summed E-state index contributed by atoms with van der Waals surface area (Å²) in [5.74, 6) is -0.425. The molecule has 1 saturated carbocycles. The average molecular weight is 394 g/mol. The van der Waals surface area contributed by atoms with Gasteiger partial charge in [-0.25, -0.2) is 0 Å². The van der Waals surface area contributed by atoms with Crippen molar-refractivity contribution in [1.29, 1.82) is 0 Å². The molecule has 150 valence electrons. The van der Waals surface area contributed by atoms with Gasteiger partial charge in [-0.1, -0.05) is 18.6 Å². The van der Waals surface area contributed by atoms with Crippen LogP contribution in [-0.2, 0) is 23.1 Å². The topological polar surface area (TPSA) is 79.9 Å². The van der Waals surface area contributed by atoms with Crippen LogP contribution in [0.4, 0.5) is 13.2 Å². The molecule has 0 radical (unpaired) electrons. The summed E-state index contributed by atoms with van der Waals surface area (Å²) in [5, 5.41) is 13.8. The number of H-pyrrole nitrogens is 1. The van der Waals surface area contributed by atoms with E-state index in [2.05, 4.69) is 25.5 Å². The highest BCUT2D eigenvalue weighted by Gasteiger charge is 2.40. The van der Waals surface area contributed by atoms with Crippen molar-refractivity contribution in [3.63, 3.8) is 0 Å². The van der Waals surface area contributed by atoms with Crippen LogP contribution < -0.4 is 10.1 Å². The average Bonchev–Trinajstić information content (AvgIpc) is 3.07. The van der Waals surface area contributed by atoms with Crippen LogP contribution in [0.15, 0.2) is 24.3 Å². The van der Waals surface area contributed by atoms with Gasteiger partial charge in [0.2, 0.25) is 5.91 Å². The van der Waals surface area contributed by atoms with Crippen LogP contribution in [0.3, 0.4) is 0 Å². The van der Waals surface area contributed by atoms with Gasteiger partial charge in [0.05, 0.1) is 11.4 Å². The molecule has 1 aromatic carbocycles. The number of halogens is 3. The number of rotatable bonds is 5. The van der Waals surface area contributed by atoms with Gasteiger partial charge in [-0.05, 0) is 43.4 Å². The number of carbonyl (C=O) groups excluding carboxylic acids is 1. The van der Waals surface area contributed by atoms with Gasteiger partial charge in [0, 0.05) is 24.3 Å². The van der Waals surface area contributed by atoms with Gasteiger partial charge in [-0.2, -0.15) is 15.4 Å². The van der Waals surface area contributed by atoms with E-state index in [1.54, 1.807) is 12.1 Å². The number of fused-ring (bicyclic) bond motifs is 1. The van der Waals surface area contributed by atoms with Crippen molar-refractivity contribution in [2.45, 2.75) is 50.3 Å². The summed E-state index contributed by atoms with van der Waals surface area (Å²) in [6.07, 6.45) is -0.118. The Morgan fingerprint density at radius 3 is 2.79 bits per heavy atom. The highest BCUT2D eigenvalue weighted by Crippen LogP contribution is 2.44. The lowest BCUT2D eigenvalue weighted by Gasteiger charge is -2.43. The zero-order valence-corrected chi connectivity index (χ0v) is 15.2. The first-order chi connectivity index (χ1) is 13.3. The first kappa shape index (κ1) is 18.8. The molecular weight excluding hydrogens is 373 g/mol. The minimum absolute atomic E-state index is 0.0392. The molecule has 0 bridgehead atoms. The lowest BCUT2D eigenvalue weighted by atomic mass is 9.64. The number of aryl methyl sites for hydroxylation is 1. The molecule has 2 aliphatic rings. The molecule has 1 heterocycles. The van der Waals surface area contributed by atoms with E-state index in [1.807, 2.05) is 0 Å². The molecule has 0 saturated heterocycles. The van der Waals surface area contributed by atoms with Crippen LogP contribution in [0.5, 0.6) is 5.75 Å². The minimum atomic E-state index is -4.72. The minimum Gasteiger partial charge on any atom is -0.406 e. The number of aromatic amines is 1. The van der Waals surface area contributed by atoms with Crippen LogP contribution >= 0.6 is 0 Å². The Morgan fingerprint density at radius 1 is 1.29 bits per heavy atom. The summed E-state index contributed by atoms with van der Waals surface area (Å²) < 4.78 is 41.6. The van der Waals surface area contributed by atoms with Crippen LogP contribution in [0, 0.1) is 5.92 Å². The molecule has 0 spiro atoms. The summed E-state index contributed by atoms with van der Waals surface area (Å²) in [4.78, 5) is 12.7. The number of nitrogens with one attached hydrogen (secondary N) is 2. The molecule has 2 N–H and O–H groups in total. The third kappa shape index (κ3) is 3.83. The Labute approximate surface area is 159 Å². The fraction of sp³-hybridized carbons (Fsp3) is 0.526. The molecule has 2 aromatic rings. The van der Waals surface area contributed by atoms with Gasteiger partial charge in [0.25, 0.3) is 0 Å². The predicted molar refractivity (Wildman–Crippen MR) is 93.6 cm³/mol. The van der Waals surface area contributed by atoms with Crippen LogP contribution in [-0.4, -0.2) is 34.2 Å². The molecule has 1 amide bonds. The van der Waals surface area contributed by atoms with Crippen molar-refractivity contribution in [2.75, 3.05) is 6.54 Å². The van der Waals surface area contributed by atoms with E-state index in [9.17, 15) is 18.0 Å². The van der Waals surface area contributed by atoms with Gasteiger partial charge >= 0.3 is 6.36 Å². The molecule has 0 aliphatic heterocycles. The van der Waals surface area contributed by atoms with Crippen molar-refractivity contribution in [3.05, 3.63) is 41.2 Å². The molecule has 1 fully saturated rings. The molecule has 6 nitrogen and oxygen atoms in total. The number of benzene rings is 1. The normalized spacial score (nSPS) is 20.8. The zero-order valence-electron chi connectivity index (χ0n) is 15.2.